The topological polar surface area (TPSA) is 30.0 Å². The number of benzene rings is 3. The molecule has 1 atom stereocenters. The summed E-state index contributed by atoms with van der Waals surface area (Å²) in [6, 6.07) is 20.1. The SMILES string of the molecule is CC(C)N1CCN(C(CN2CCN(C(=O)CCC=C(c3ccc(F)cc3)c3ccc(F)cc3)CC2)c2ccc(F)cc2)CC1. The van der Waals surface area contributed by atoms with E-state index < -0.39 is 0 Å². The molecule has 0 radical (unpaired) electrons. The molecular weight excluding hydrogens is 561 g/mol. The van der Waals surface area contributed by atoms with Crippen molar-refractivity contribution in [1.29, 1.82) is 0 Å². The zero-order chi connectivity index (χ0) is 31.1. The minimum absolute atomic E-state index is 0.110. The molecule has 2 aliphatic heterocycles. The Morgan fingerprint density at radius 2 is 1.16 bits per heavy atom. The lowest BCUT2D eigenvalue weighted by molar-refractivity contribution is -0.133. The summed E-state index contributed by atoms with van der Waals surface area (Å²) in [4.78, 5) is 22.6. The molecule has 2 fully saturated rings. The molecule has 5 nitrogen and oxygen atoms in total. The minimum atomic E-state index is -0.320. The van der Waals surface area contributed by atoms with Gasteiger partial charge in [-0.25, -0.2) is 13.2 Å². The van der Waals surface area contributed by atoms with Crippen molar-refractivity contribution in [1.82, 2.24) is 19.6 Å². The lowest BCUT2D eigenvalue weighted by atomic mass is 9.96. The van der Waals surface area contributed by atoms with E-state index in [9.17, 15) is 18.0 Å². The number of amides is 1. The van der Waals surface area contributed by atoms with Gasteiger partial charge in [0.05, 0.1) is 0 Å². The molecule has 2 aliphatic rings. The minimum Gasteiger partial charge on any atom is -0.340 e. The fraction of sp³-hybridized carbons (Fsp3) is 0.417. The molecule has 3 aromatic carbocycles. The smallest absolute Gasteiger partial charge is 0.222 e. The number of hydrogen-bond acceptors (Lipinski definition) is 4. The van der Waals surface area contributed by atoms with Crippen LogP contribution < -0.4 is 0 Å². The maximum atomic E-state index is 13.7. The van der Waals surface area contributed by atoms with Crippen molar-refractivity contribution in [3.8, 4) is 0 Å². The monoisotopic (exact) mass is 604 g/mol. The molecule has 0 saturated carbocycles. The van der Waals surface area contributed by atoms with Crippen molar-refractivity contribution in [3.63, 3.8) is 0 Å². The molecular formula is C36H43F3N4O. The first kappa shape index (κ1) is 31.9. The first-order valence-electron chi connectivity index (χ1n) is 15.7. The molecule has 1 amide bonds. The summed E-state index contributed by atoms with van der Waals surface area (Å²) in [6.45, 7) is 12.2. The molecule has 234 valence electrons. The predicted molar refractivity (Wildman–Crippen MR) is 170 cm³/mol. The lowest BCUT2D eigenvalue weighted by Crippen LogP contribution is -2.54. The summed E-state index contributed by atoms with van der Waals surface area (Å²) in [6.07, 6.45) is 2.88. The number of halogens is 3. The Balaban J connectivity index is 1.18. The van der Waals surface area contributed by atoms with Crippen LogP contribution in [0.2, 0.25) is 0 Å². The highest BCUT2D eigenvalue weighted by Gasteiger charge is 2.29. The first-order chi connectivity index (χ1) is 21.3. The van der Waals surface area contributed by atoms with Gasteiger partial charge >= 0.3 is 0 Å². The van der Waals surface area contributed by atoms with Crippen molar-refractivity contribution in [2.24, 2.45) is 0 Å². The van der Waals surface area contributed by atoms with E-state index in [1.807, 2.05) is 23.1 Å². The molecule has 0 N–H and O–H groups in total. The number of rotatable bonds is 10. The largest absolute Gasteiger partial charge is 0.340 e. The van der Waals surface area contributed by atoms with Crippen LogP contribution in [0.3, 0.4) is 0 Å². The summed E-state index contributed by atoms with van der Waals surface area (Å²) in [7, 11) is 0. The van der Waals surface area contributed by atoms with Crippen molar-refractivity contribution in [2.45, 2.75) is 38.8 Å². The molecule has 8 heteroatoms. The van der Waals surface area contributed by atoms with E-state index in [4.69, 9.17) is 0 Å². The zero-order valence-electron chi connectivity index (χ0n) is 25.8. The molecule has 2 saturated heterocycles. The van der Waals surface area contributed by atoms with E-state index in [0.717, 1.165) is 68.1 Å². The first-order valence-corrected chi connectivity index (χ1v) is 15.7. The van der Waals surface area contributed by atoms with Gasteiger partial charge < -0.3 is 4.90 Å². The van der Waals surface area contributed by atoms with Crippen LogP contribution in [0.25, 0.3) is 5.57 Å². The Morgan fingerprint density at radius 3 is 1.66 bits per heavy atom. The van der Waals surface area contributed by atoms with Crippen LogP contribution in [0.4, 0.5) is 13.2 Å². The summed E-state index contributed by atoms with van der Waals surface area (Å²) < 4.78 is 40.9. The number of allylic oxidation sites excluding steroid dienone is 1. The van der Waals surface area contributed by atoms with Gasteiger partial charge in [0.25, 0.3) is 0 Å². The van der Waals surface area contributed by atoms with Crippen molar-refractivity contribution in [2.75, 3.05) is 58.9 Å². The summed E-state index contributed by atoms with van der Waals surface area (Å²) in [5.41, 5.74) is 3.62. The van der Waals surface area contributed by atoms with Gasteiger partial charge in [0.2, 0.25) is 5.91 Å². The molecule has 0 aliphatic carbocycles. The molecule has 2 heterocycles. The molecule has 5 rings (SSSR count). The Kier molecular flexibility index (Phi) is 10.9. The van der Waals surface area contributed by atoms with Gasteiger partial charge in [0.1, 0.15) is 17.5 Å². The molecule has 0 bridgehead atoms. The van der Waals surface area contributed by atoms with Crippen LogP contribution in [0, 0.1) is 17.5 Å². The third-order valence-corrected chi connectivity index (χ3v) is 8.95. The van der Waals surface area contributed by atoms with E-state index >= 15 is 0 Å². The van der Waals surface area contributed by atoms with E-state index in [1.54, 1.807) is 36.4 Å². The Labute approximate surface area is 259 Å². The highest BCUT2D eigenvalue weighted by atomic mass is 19.1. The quantitative estimate of drug-likeness (QED) is 0.275. The van der Waals surface area contributed by atoms with Gasteiger partial charge in [-0.15, -0.1) is 0 Å². The summed E-state index contributed by atoms with van der Waals surface area (Å²) in [5.74, 6) is -0.752. The molecule has 44 heavy (non-hydrogen) atoms. The van der Waals surface area contributed by atoms with Crippen molar-refractivity contribution < 1.29 is 18.0 Å². The fourth-order valence-electron chi connectivity index (χ4n) is 6.27. The highest BCUT2D eigenvalue weighted by Crippen LogP contribution is 2.27. The normalized spacial score (nSPS) is 17.5. The average Bonchev–Trinajstić information content (AvgIpc) is 3.04. The van der Waals surface area contributed by atoms with E-state index in [-0.39, 0.29) is 29.4 Å². The van der Waals surface area contributed by atoms with Gasteiger partial charge in [-0.2, -0.15) is 0 Å². The third-order valence-electron chi connectivity index (χ3n) is 8.95. The second-order valence-electron chi connectivity index (χ2n) is 12.1. The van der Waals surface area contributed by atoms with Gasteiger partial charge in [-0.05, 0) is 78.9 Å². The number of carbonyl (C=O) groups excluding carboxylic acids is 1. The lowest BCUT2D eigenvalue weighted by Gasteiger charge is -2.43. The number of carbonyl (C=O) groups is 1. The van der Waals surface area contributed by atoms with Crippen LogP contribution in [-0.2, 0) is 4.79 Å². The van der Waals surface area contributed by atoms with Crippen LogP contribution >= 0.6 is 0 Å². The summed E-state index contributed by atoms with van der Waals surface area (Å²) in [5, 5.41) is 0. The van der Waals surface area contributed by atoms with Gasteiger partial charge in [-0.3, -0.25) is 19.5 Å². The second kappa shape index (κ2) is 15.0. The zero-order valence-corrected chi connectivity index (χ0v) is 25.8. The number of nitrogens with zero attached hydrogens (tertiary/aromatic N) is 4. The van der Waals surface area contributed by atoms with E-state index in [0.29, 0.717) is 32.0 Å². The van der Waals surface area contributed by atoms with E-state index in [1.165, 1.54) is 24.3 Å². The number of hydrogen-bond donors (Lipinski definition) is 0. The average molecular weight is 605 g/mol. The Morgan fingerprint density at radius 1 is 0.682 bits per heavy atom. The van der Waals surface area contributed by atoms with Gasteiger partial charge in [0, 0.05) is 77.4 Å². The van der Waals surface area contributed by atoms with Crippen molar-refractivity contribution >= 4 is 11.5 Å². The van der Waals surface area contributed by atoms with Crippen molar-refractivity contribution in [3.05, 3.63) is 113 Å². The molecule has 0 aromatic heterocycles. The standard InChI is InChI=1S/C36H43F3N4O/c1-27(2)41-22-24-42(25-23-41)35(30-10-16-33(39)17-11-30)26-40-18-20-43(21-19-40)36(44)5-3-4-34(28-6-12-31(37)13-7-28)29-8-14-32(38)15-9-29/h4,6-17,27,35H,3,5,18-26H2,1-2H3. The Hall–Kier alpha value is -3.46. The maximum absolute atomic E-state index is 13.7. The van der Waals surface area contributed by atoms with Crippen LogP contribution in [0.1, 0.15) is 49.4 Å². The molecule has 0 spiro atoms. The van der Waals surface area contributed by atoms with Crippen LogP contribution in [0.5, 0.6) is 0 Å². The number of piperazine rings is 2. The molecule has 3 aromatic rings. The fourth-order valence-corrected chi connectivity index (χ4v) is 6.27. The summed E-state index contributed by atoms with van der Waals surface area (Å²) >= 11 is 0. The van der Waals surface area contributed by atoms with Crippen LogP contribution in [0.15, 0.2) is 78.9 Å². The van der Waals surface area contributed by atoms with Gasteiger partial charge in [0.15, 0.2) is 0 Å². The van der Waals surface area contributed by atoms with Gasteiger partial charge in [-0.1, -0.05) is 42.5 Å². The van der Waals surface area contributed by atoms with Crippen LogP contribution in [-0.4, -0.2) is 90.5 Å². The second-order valence-corrected chi connectivity index (χ2v) is 12.1. The maximum Gasteiger partial charge on any atom is 0.222 e. The predicted octanol–water partition coefficient (Wildman–Crippen LogP) is 6.23. The molecule has 1 unspecified atom stereocenters. The highest BCUT2D eigenvalue weighted by molar-refractivity contribution is 5.81. The van der Waals surface area contributed by atoms with E-state index in [2.05, 4.69) is 28.5 Å². The Bertz CT molecular complexity index is 1330. The third kappa shape index (κ3) is 8.37.